The zero-order chi connectivity index (χ0) is 15.5. The highest BCUT2D eigenvalue weighted by atomic mass is 16.1. The molecule has 0 aromatic heterocycles. The third-order valence-electron chi connectivity index (χ3n) is 3.52. The largest absolute Gasteiger partial charge is 0.399 e. The second-order valence-corrected chi connectivity index (χ2v) is 5.49. The van der Waals surface area contributed by atoms with E-state index in [1.54, 1.807) is 0 Å². The number of carbonyl (C=O) groups excluding carboxylic acids is 1. The number of carbonyl (C=O) groups is 1. The van der Waals surface area contributed by atoms with E-state index in [-0.39, 0.29) is 5.91 Å². The molecule has 3 N–H and O–H groups in total. The Bertz CT molecular complexity index is 444. The van der Waals surface area contributed by atoms with Crippen molar-refractivity contribution in [2.75, 3.05) is 6.54 Å². The SMILES string of the molecule is C=C(N)c1cccc(CCCC)c1.O=C1CCCCCN1. The van der Waals surface area contributed by atoms with Crippen molar-refractivity contribution < 1.29 is 4.79 Å². The molecule has 1 aromatic rings. The minimum Gasteiger partial charge on any atom is -0.399 e. The van der Waals surface area contributed by atoms with Crippen LogP contribution in [-0.2, 0) is 11.2 Å². The van der Waals surface area contributed by atoms with E-state index in [1.165, 1.54) is 24.8 Å². The Morgan fingerprint density at radius 1 is 1.33 bits per heavy atom. The fourth-order valence-electron chi connectivity index (χ4n) is 2.21. The van der Waals surface area contributed by atoms with Gasteiger partial charge in [-0.05, 0) is 42.9 Å². The molecule has 0 aliphatic carbocycles. The number of hydrogen-bond donors (Lipinski definition) is 2. The molecule has 1 fully saturated rings. The maximum atomic E-state index is 10.6. The molecule has 0 bridgehead atoms. The maximum Gasteiger partial charge on any atom is 0.219 e. The van der Waals surface area contributed by atoms with Gasteiger partial charge in [0, 0.05) is 18.7 Å². The number of hydrogen-bond acceptors (Lipinski definition) is 2. The summed E-state index contributed by atoms with van der Waals surface area (Å²) in [7, 11) is 0. The topological polar surface area (TPSA) is 55.1 Å². The highest BCUT2D eigenvalue weighted by molar-refractivity contribution is 5.75. The van der Waals surface area contributed by atoms with Crippen LogP contribution in [0.25, 0.3) is 5.70 Å². The minimum atomic E-state index is 0.225. The van der Waals surface area contributed by atoms with E-state index in [4.69, 9.17) is 5.73 Å². The Labute approximate surface area is 128 Å². The third kappa shape index (κ3) is 7.54. The molecule has 0 spiro atoms. The first-order chi connectivity index (χ1) is 10.1. The number of unbranched alkanes of at least 4 members (excludes halogenated alkanes) is 1. The van der Waals surface area contributed by atoms with Crippen LogP contribution in [0.3, 0.4) is 0 Å². The van der Waals surface area contributed by atoms with Crippen LogP contribution in [0.5, 0.6) is 0 Å². The van der Waals surface area contributed by atoms with E-state index < -0.39 is 0 Å². The van der Waals surface area contributed by atoms with Gasteiger partial charge in [-0.3, -0.25) is 4.79 Å². The second kappa shape index (κ2) is 10.0. The predicted molar refractivity (Wildman–Crippen MR) is 89.8 cm³/mol. The Morgan fingerprint density at radius 2 is 2.14 bits per heavy atom. The molecular weight excluding hydrogens is 260 g/mol. The molecule has 3 nitrogen and oxygen atoms in total. The van der Waals surface area contributed by atoms with E-state index in [0.717, 1.165) is 37.8 Å². The van der Waals surface area contributed by atoms with E-state index in [2.05, 4.69) is 31.0 Å². The Kier molecular flexibility index (Phi) is 8.25. The molecule has 1 amide bonds. The number of rotatable bonds is 4. The summed E-state index contributed by atoms with van der Waals surface area (Å²) in [6, 6.07) is 8.30. The summed E-state index contributed by atoms with van der Waals surface area (Å²) in [6.07, 6.45) is 7.78. The Morgan fingerprint density at radius 3 is 2.86 bits per heavy atom. The summed E-state index contributed by atoms with van der Waals surface area (Å²) in [4.78, 5) is 10.6. The Balaban J connectivity index is 0.000000235. The first-order valence-electron chi connectivity index (χ1n) is 7.94. The van der Waals surface area contributed by atoms with Crippen LogP contribution in [-0.4, -0.2) is 12.5 Å². The predicted octanol–water partition coefficient (Wildman–Crippen LogP) is 3.64. The number of aryl methyl sites for hydroxylation is 1. The molecule has 0 saturated carbocycles. The average molecular weight is 288 g/mol. The fraction of sp³-hybridized carbons (Fsp3) is 0.500. The lowest BCUT2D eigenvalue weighted by atomic mass is 10.0. The second-order valence-electron chi connectivity index (χ2n) is 5.49. The van der Waals surface area contributed by atoms with Gasteiger partial charge in [-0.15, -0.1) is 0 Å². The van der Waals surface area contributed by atoms with Gasteiger partial charge in [-0.25, -0.2) is 0 Å². The summed E-state index contributed by atoms with van der Waals surface area (Å²) in [6.45, 7) is 6.81. The summed E-state index contributed by atoms with van der Waals surface area (Å²) in [5, 5.41) is 2.81. The molecule has 1 aromatic carbocycles. The van der Waals surface area contributed by atoms with Gasteiger partial charge in [0.1, 0.15) is 0 Å². The average Bonchev–Trinajstić information content (AvgIpc) is 2.74. The van der Waals surface area contributed by atoms with E-state index in [1.807, 2.05) is 12.1 Å². The molecule has 1 saturated heterocycles. The third-order valence-corrected chi connectivity index (χ3v) is 3.52. The molecule has 1 aliphatic rings. The van der Waals surface area contributed by atoms with Crippen LogP contribution < -0.4 is 11.1 Å². The van der Waals surface area contributed by atoms with E-state index in [9.17, 15) is 4.79 Å². The molecule has 3 heteroatoms. The van der Waals surface area contributed by atoms with Crippen molar-refractivity contribution in [3.05, 3.63) is 42.0 Å². The summed E-state index contributed by atoms with van der Waals surface area (Å²) in [5.74, 6) is 0.225. The first kappa shape index (κ1) is 17.3. The van der Waals surface area contributed by atoms with E-state index in [0.29, 0.717) is 5.70 Å². The molecule has 1 aliphatic heterocycles. The molecule has 0 unspecified atom stereocenters. The zero-order valence-corrected chi connectivity index (χ0v) is 13.2. The van der Waals surface area contributed by atoms with Gasteiger partial charge in [0.05, 0.1) is 0 Å². The molecule has 1 heterocycles. The van der Waals surface area contributed by atoms with Gasteiger partial charge in [-0.1, -0.05) is 44.5 Å². The number of nitrogens with two attached hydrogens (primary N) is 1. The number of amides is 1. The molecule has 21 heavy (non-hydrogen) atoms. The molecule has 2 rings (SSSR count). The van der Waals surface area contributed by atoms with Crippen molar-refractivity contribution in [3.63, 3.8) is 0 Å². The van der Waals surface area contributed by atoms with Gasteiger partial charge >= 0.3 is 0 Å². The molecular formula is C18H28N2O. The summed E-state index contributed by atoms with van der Waals surface area (Å²) in [5.41, 5.74) is 8.67. The standard InChI is InChI=1S/C12H17N.C6H11NO/c1-3-4-6-11-7-5-8-12(9-11)10(2)13;8-6-4-2-1-3-5-7-6/h5,7-9H,2-4,6,13H2,1H3;1-5H2,(H,7,8). The molecule has 0 atom stereocenters. The van der Waals surface area contributed by atoms with Crippen LogP contribution in [0.15, 0.2) is 30.8 Å². The highest BCUT2D eigenvalue weighted by Crippen LogP contribution is 2.12. The van der Waals surface area contributed by atoms with Gasteiger partial charge in [0.25, 0.3) is 0 Å². The fourth-order valence-corrected chi connectivity index (χ4v) is 2.21. The van der Waals surface area contributed by atoms with E-state index >= 15 is 0 Å². The van der Waals surface area contributed by atoms with Crippen molar-refractivity contribution in [1.29, 1.82) is 0 Å². The minimum absolute atomic E-state index is 0.225. The maximum absolute atomic E-state index is 10.6. The smallest absolute Gasteiger partial charge is 0.219 e. The van der Waals surface area contributed by atoms with Crippen LogP contribution in [0.4, 0.5) is 0 Å². The van der Waals surface area contributed by atoms with Gasteiger partial charge in [-0.2, -0.15) is 0 Å². The normalized spacial score (nSPS) is 14.4. The van der Waals surface area contributed by atoms with Crippen molar-refractivity contribution in [2.24, 2.45) is 5.73 Å². The van der Waals surface area contributed by atoms with Gasteiger partial charge in [0.2, 0.25) is 5.91 Å². The highest BCUT2D eigenvalue weighted by Gasteiger charge is 2.03. The van der Waals surface area contributed by atoms with Gasteiger partial charge in [0.15, 0.2) is 0 Å². The van der Waals surface area contributed by atoms with Crippen LogP contribution >= 0.6 is 0 Å². The molecule has 0 radical (unpaired) electrons. The Hall–Kier alpha value is -1.77. The van der Waals surface area contributed by atoms with Crippen molar-refractivity contribution in [2.45, 2.75) is 51.9 Å². The number of nitrogens with one attached hydrogen (secondary N) is 1. The first-order valence-corrected chi connectivity index (χ1v) is 7.94. The summed E-state index contributed by atoms with van der Waals surface area (Å²) >= 11 is 0. The quantitative estimate of drug-likeness (QED) is 0.888. The molecule has 116 valence electrons. The van der Waals surface area contributed by atoms with Crippen LogP contribution in [0, 0.1) is 0 Å². The van der Waals surface area contributed by atoms with Crippen molar-refractivity contribution >= 4 is 11.6 Å². The zero-order valence-electron chi connectivity index (χ0n) is 13.2. The number of benzene rings is 1. The lowest BCUT2D eigenvalue weighted by Gasteiger charge is -2.03. The van der Waals surface area contributed by atoms with Crippen molar-refractivity contribution in [3.8, 4) is 0 Å². The van der Waals surface area contributed by atoms with Crippen LogP contribution in [0.1, 0.15) is 56.6 Å². The lowest BCUT2D eigenvalue weighted by molar-refractivity contribution is -0.120. The monoisotopic (exact) mass is 288 g/mol. The van der Waals surface area contributed by atoms with Crippen LogP contribution in [0.2, 0.25) is 0 Å². The van der Waals surface area contributed by atoms with Crippen molar-refractivity contribution in [1.82, 2.24) is 5.32 Å². The summed E-state index contributed by atoms with van der Waals surface area (Å²) < 4.78 is 0. The van der Waals surface area contributed by atoms with Gasteiger partial charge < -0.3 is 11.1 Å². The lowest BCUT2D eigenvalue weighted by Crippen LogP contribution is -2.21.